The van der Waals surface area contributed by atoms with E-state index in [1.807, 2.05) is 18.2 Å². The van der Waals surface area contributed by atoms with E-state index in [2.05, 4.69) is 15.1 Å². The number of halogens is 5. The summed E-state index contributed by atoms with van der Waals surface area (Å²) in [4.78, 5) is 34.8. The minimum Gasteiger partial charge on any atom is -0.443 e. The molecule has 0 bridgehead atoms. The van der Waals surface area contributed by atoms with Crippen LogP contribution in [0.15, 0.2) is 54.6 Å². The number of rotatable bonds is 8. The van der Waals surface area contributed by atoms with E-state index in [1.165, 1.54) is 17.0 Å². The van der Waals surface area contributed by atoms with E-state index < -0.39 is 41.8 Å². The first-order valence-corrected chi connectivity index (χ1v) is 20.4. The fraction of sp³-hybridized carbons (Fsp3) is 0.545. The molecular formula is C44H52F5N5O4. The third kappa shape index (κ3) is 8.50. The molecule has 312 valence electrons. The number of fused-ring (bicyclic) bond motifs is 5. The van der Waals surface area contributed by atoms with Crippen molar-refractivity contribution in [3.05, 3.63) is 88.7 Å². The Balaban J connectivity index is 0.979. The number of hydrogen-bond acceptors (Lipinski definition) is 7. The summed E-state index contributed by atoms with van der Waals surface area (Å²) in [5.74, 6) is -5.37. The van der Waals surface area contributed by atoms with E-state index in [1.54, 1.807) is 43.9 Å². The number of ether oxygens (including phenoxy) is 2. The molecule has 0 radical (unpaired) electrons. The summed E-state index contributed by atoms with van der Waals surface area (Å²) in [6, 6.07) is 13.4. The number of benzene rings is 3. The summed E-state index contributed by atoms with van der Waals surface area (Å²) in [6.07, 6.45) is 1.68. The van der Waals surface area contributed by atoms with E-state index in [0.717, 1.165) is 22.9 Å². The van der Waals surface area contributed by atoms with E-state index in [4.69, 9.17) is 9.47 Å². The number of nitrogens with zero attached hydrogens (tertiary/aromatic N) is 4. The Morgan fingerprint density at radius 2 is 1.67 bits per heavy atom. The van der Waals surface area contributed by atoms with Gasteiger partial charge in [-0.25, -0.2) is 26.7 Å². The predicted molar refractivity (Wildman–Crippen MR) is 211 cm³/mol. The average Bonchev–Trinajstić information content (AvgIpc) is 3.64. The monoisotopic (exact) mass is 809 g/mol. The van der Waals surface area contributed by atoms with Gasteiger partial charge in [0, 0.05) is 63.8 Å². The van der Waals surface area contributed by atoms with Gasteiger partial charge in [0.2, 0.25) is 5.91 Å². The first-order chi connectivity index (χ1) is 27.5. The van der Waals surface area contributed by atoms with Gasteiger partial charge in [0.25, 0.3) is 5.92 Å². The summed E-state index contributed by atoms with van der Waals surface area (Å²) >= 11 is 0. The lowest BCUT2D eigenvalue weighted by molar-refractivity contribution is -0.122. The number of carbonyl (C=O) groups excluding carboxylic acids is 2. The van der Waals surface area contributed by atoms with Gasteiger partial charge in [-0.1, -0.05) is 12.1 Å². The molecule has 5 aliphatic rings. The van der Waals surface area contributed by atoms with Crippen molar-refractivity contribution < 1.29 is 41.0 Å². The van der Waals surface area contributed by atoms with Gasteiger partial charge in [0.05, 0.1) is 37.2 Å². The molecule has 14 heteroatoms. The van der Waals surface area contributed by atoms with Crippen LogP contribution in [0.4, 0.5) is 43.8 Å². The third-order valence-corrected chi connectivity index (χ3v) is 12.5. The molecule has 3 atom stereocenters. The number of morpholine rings is 1. The summed E-state index contributed by atoms with van der Waals surface area (Å²) in [5, 5.41) is 3.20. The van der Waals surface area contributed by atoms with Crippen molar-refractivity contribution >= 4 is 29.1 Å². The van der Waals surface area contributed by atoms with Gasteiger partial charge in [0.1, 0.15) is 11.4 Å². The molecular weight excluding hydrogens is 758 g/mol. The van der Waals surface area contributed by atoms with Crippen LogP contribution < -0.4 is 20.0 Å². The SMILES string of the molecule is CC(C)(C)OC(=O)N1C[C@@H]2CC(F)(F)CN2c2cc(N3CCC4(CC3)C[C@@H](CC(=O)N[C@H](Cc3ccc(F)c(F)c3)CN3CCOCC3)c3ccc(F)cc34)ccc21. The van der Waals surface area contributed by atoms with Gasteiger partial charge in [0.15, 0.2) is 11.6 Å². The fourth-order valence-corrected chi connectivity index (χ4v) is 9.91. The lowest BCUT2D eigenvalue weighted by Crippen LogP contribution is -2.49. The molecule has 3 fully saturated rings. The number of piperidine rings is 1. The highest BCUT2D eigenvalue weighted by molar-refractivity contribution is 5.95. The average molecular weight is 810 g/mol. The van der Waals surface area contributed by atoms with Gasteiger partial charge in [-0.3, -0.25) is 14.6 Å². The van der Waals surface area contributed by atoms with Crippen LogP contribution in [0.5, 0.6) is 0 Å². The van der Waals surface area contributed by atoms with Crippen molar-refractivity contribution in [2.45, 2.75) is 94.2 Å². The van der Waals surface area contributed by atoms with Crippen LogP contribution >= 0.6 is 0 Å². The molecule has 0 aromatic heterocycles. The van der Waals surface area contributed by atoms with E-state index in [9.17, 15) is 31.5 Å². The molecule has 3 saturated heterocycles. The molecule has 0 unspecified atom stereocenters. The molecule has 1 N–H and O–H groups in total. The minimum absolute atomic E-state index is 0.112. The Labute approximate surface area is 336 Å². The quantitative estimate of drug-likeness (QED) is 0.236. The topological polar surface area (TPSA) is 77.6 Å². The number of hydrogen-bond donors (Lipinski definition) is 1. The molecule has 4 heterocycles. The van der Waals surface area contributed by atoms with E-state index >= 15 is 0 Å². The van der Waals surface area contributed by atoms with Gasteiger partial charge in [-0.15, -0.1) is 0 Å². The Kier molecular flexibility index (Phi) is 10.9. The molecule has 3 aromatic rings. The Morgan fingerprint density at radius 3 is 2.40 bits per heavy atom. The van der Waals surface area contributed by atoms with Gasteiger partial charge < -0.3 is 24.6 Å². The number of carbonyl (C=O) groups is 2. The Hall–Kier alpha value is -4.43. The van der Waals surface area contributed by atoms with Crippen molar-refractivity contribution in [2.24, 2.45) is 0 Å². The maximum atomic E-state index is 14.9. The van der Waals surface area contributed by atoms with Crippen LogP contribution in [0.2, 0.25) is 0 Å². The highest BCUT2D eigenvalue weighted by atomic mass is 19.3. The molecule has 9 nitrogen and oxygen atoms in total. The zero-order chi connectivity index (χ0) is 41.0. The molecule has 2 amide bonds. The second-order valence-electron chi connectivity index (χ2n) is 17.8. The number of alkyl halides is 2. The number of amides is 2. The normalized spacial score (nSPS) is 23.0. The fourth-order valence-electron chi connectivity index (χ4n) is 9.91. The number of nitrogens with one attached hydrogen (secondary N) is 1. The van der Waals surface area contributed by atoms with Crippen LogP contribution in [0, 0.1) is 17.5 Å². The second-order valence-corrected chi connectivity index (χ2v) is 17.8. The molecule has 3 aromatic carbocycles. The highest BCUT2D eigenvalue weighted by Gasteiger charge is 2.50. The van der Waals surface area contributed by atoms with Crippen molar-refractivity contribution in [2.75, 3.05) is 73.7 Å². The van der Waals surface area contributed by atoms with Crippen molar-refractivity contribution in [3.8, 4) is 0 Å². The largest absolute Gasteiger partial charge is 0.443 e. The molecule has 0 saturated carbocycles. The number of anilines is 3. The lowest BCUT2D eigenvalue weighted by Gasteiger charge is -2.43. The van der Waals surface area contributed by atoms with E-state index in [0.29, 0.717) is 88.6 Å². The van der Waals surface area contributed by atoms with E-state index in [-0.39, 0.29) is 48.5 Å². The van der Waals surface area contributed by atoms with Crippen LogP contribution in [0.25, 0.3) is 0 Å². The predicted octanol–water partition coefficient (Wildman–Crippen LogP) is 7.55. The molecule has 1 aliphatic carbocycles. The van der Waals surface area contributed by atoms with Crippen molar-refractivity contribution in [1.82, 2.24) is 10.2 Å². The van der Waals surface area contributed by atoms with Crippen LogP contribution in [-0.2, 0) is 26.1 Å². The molecule has 4 aliphatic heterocycles. The maximum Gasteiger partial charge on any atom is 0.414 e. The van der Waals surface area contributed by atoms with Crippen molar-refractivity contribution in [1.29, 1.82) is 0 Å². The van der Waals surface area contributed by atoms with Crippen LogP contribution in [0.3, 0.4) is 0 Å². The Bertz CT molecular complexity index is 2030. The summed E-state index contributed by atoms with van der Waals surface area (Å²) in [6.45, 7) is 9.37. The standard InChI is InChI=1S/C44H52F5N5O4/c1-42(2,3)58-41(56)53-26-33-24-44(48,49)27-54(33)39-22-32(6-9-38(39)53)52-12-10-43(11-13-52)23-29(34-7-5-30(45)21-35(34)43)20-40(55)50-31(25-51-14-16-57-17-15-51)18-28-4-8-36(46)37(47)19-28/h4-9,19,21-22,29,31,33H,10-18,20,23-27H2,1-3H3,(H,50,55)/t29-,31-,33+/m1/s1. The van der Waals surface area contributed by atoms with Crippen molar-refractivity contribution in [3.63, 3.8) is 0 Å². The molecule has 58 heavy (non-hydrogen) atoms. The van der Waals surface area contributed by atoms with Gasteiger partial charge in [-0.2, -0.15) is 0 Å². The molecule has 8 rings (SSSR count). The summed E-state index contributed by atoms with van der Waals surface area (Å²) < 4.78 is 83.6. The molecule has 1 spiro atoms. The zero-order valence-corrected chi connectivity index (χ0v) is 33.3. The highest BCUT2D eigenvalue weighted by Crippen LogP contribution is 2.54. The Morgan fingerprint density at radius 1 is 0.914 bits per heavy atom. The summed E-state index contributed by atoms with van der Waals surface area (Å²) in [5.41, 5.74) is 3.34. The summed E-state index contributed by atoms with van der Waals surface area (Å²) in [7, 11) is 0. The first kappa shape index (κ1) is 40.4. The second kappa shape index (κ2) is 15.6. The smallest absolute Gasteiger partial charge is 0.414 e. The van der Waals surface area contributed by atoms with Gasteiger partial charge in [-0.05, 0) is 117 Å². The third-order valence-electron chi connectivity index (χ3n) is 12.5. The first-order valence-electron chi connectivity index (χ1n) is 20.4. The van der Waals surface area contributed by atoms with Gasteiger partial charge >= 0.3 is 6.09 Å². The van der Waals surface area contributed by atoms with Crippen LogP contribution in [0.1, 0.15) is 75.5 Å². The maximum absolute atomic E-state index is 14.9. The lowest BCUT2D eigenvalue weighted by atomic mass is 9.73. The zero-order valence-electron chi connectivity index (χ0n) is 33.3. The van der Waals surface area contributed by atoms with Crippen LogP contribution in [-0.4, -0.2) is 99.5 Å². The minimum atomic E-state index is -2.89.